The molecule has 0 unspecified atom stereocenters. The molecule has 8 heteroatoms. The number of nitrogens with zero attached hydrogens (tertiary/aromatic N) is 1. The Morgan fingerprint density at radius 2 is 1.72 bits per heavy atom. The largest absolute Gasteiger partial charge is 0.494 e. The zero-order valence-corrected chi connectivity index (χ0v) is 19.7. The third-order valence-corrected chi connectivity index (χ3v) is 5.06. The quantitative estimate of drug-likeness (QED) is 0.567. The van der Waals surface area contributed by atoms with Crippen LogP contribution in [0.2, 0.25) is 0 Å². The molecule has 1 aromatic carbocycles. The van der Waals surface area contributed by atoms with Gasteiger partial charge < -0.3 is 25.0 Å². The van der Waals surface area contributed by atoms with Crippen LogP contribution in [0.3, 0.4) is 0 Å². The molecule has 32 heavy (non-hydrogen) atoms. The summed E-state index contributed by atoms with van der Waals surface area (Å²) in [5.74, 6) is 0.837. The van der Waals surface area contributed by atoms with Gasteiger partial charge in [0.25, 0.3) is 0 Å². The Hall–Kier alpha value is -2.77. The molecule has 0 aliphatic carbocycles. The second kappa shape index (κ2) is 12.3. The van der Waals surface area contributed by atoms with Gasteiger partial charge in [0, 0.05) is 38.5 Å². The number of piperidine rings is 1. The monoisotopic (exact) mass is 447 g/mol. The Morgan fingerprint density at radius 3 is 2.34 bits per heavy atom. The van der Waals surface area contributed by atoms with Gasteiger partial charge in [-0.25, -0.2) is 4.79 Å². The number of ether oxygens (including phenoxy) is 2. The average molecular weight is 448 g/mol. The Kier molecular flexibility index (Phi) is 9.81. The third kappa shape index (κ3) is 10.0. The van der Waals surface area contributed by atoms with Crippen molar-refractivity contribution >= 4 is 17.9 Å². The van der Waals surface area contributed by atoms with Gasteiger partial charge in [0.1, 0.15) is 11.4 Å². The molecule has 2 rings (SSSR count). The molecule has 2 N–H and O–H groups in total. The van der Waals surface area contributed by atoms with E-state index in [0.717, 1.165) is 18.6 Å². The van der Waals surface area contributed by atoms with Crippen molar-refractivity contribution in [3.05, 3.63) is 29.8 Å². The number of hydrogen-bond acceptors (Lipinski definition) is 5. The summed E-state index contributed by atoms with van der Waals surface area (Å²) in [7, 11) is 0. The smallest absolute Gasteiger partial charge is 0.407 e. The Bertz CT molecular complexity index is 750. The van der Waals surface area contributed by atoms with Crippen LogP contribution in [0.5, 0.6) is 5.75 Å². The number of hydrogen-bond donors (Lipinski definition) is 2. The summed E-state index contributed by atoms with van der Waals surface area (Å²) >= 11 is 0. The summed E-state index contributed by atoms with van der Waals surface area (Å²) in [5.41, 5.74) is 0.621. The van der Waals surface area contributed by atoms with Gasteiger partial charge in [0.15, 0.2) is 0 Å². The SMILES string of the molecule is Cc1ccc(OCCCC(=O)N2CCC(NC(=O)CCNC(=O)OC(C)(C)C)CC2)cc1. The minimum atomic E-state index is -0.564. The maximum absolute atomic E-state index is 12.4. The molecule has 0 aromatic heterocycles. The molecule has 1 saturated heterocycles. The van der Waals surface area contributed by atoms with Gasteiger partial charge in [0.2, 0.25) is 11.8 Å². The molecular formula is C24H37N3O5. The molecule has 1 aliphatic heterocycles. The van der Waals surface area contributed by atoms with Crippen LogP contribution >= 0.6 is 0 Å². The second-order valence-electron chi connectivity index (χ2n) is 9.17. The lowest BCUT2D eigenvalue weighted by molar-refractivity contribution is -0.132. The first kappa shape index (κ1) is 25.5. The maximum Gasteiger partial charge on any atom is 0.407 e. The minimum Gasteiger partial charge on any atom is -0.494 e. The number of rotatable bonds is 9. The first-order chi connectivity index (χ1) is 15.1. The lowest BCUT2D eigenvalue weighted by Crippen LogP contribution is -2.47. The first-order valence-corrected chi connectivity index (χ1v) is 11.4. The maximum atomic E-state index is 12.4. The number of aryl methyl sites for hydroxylation is 1. The number of benzene rings is 1. The van der Waals surface area contributed by atoms with E-state index in [4.69, 9.17) is 9.47 Å². The second-order valence-corrected chi connectivity index (χ2v) is 9.17. The standard InChI is InChI=1S/C24H37N3O5/c1-18-7-9-20(10-8-18)31-17-5-6-22(29)27-15-12-19(13-16-27)26-21(28)11-14-25-23(30)32-24(2,3)4/h7-10,19H,5-6,11-17H2,1-4H3,(H,25,30)(H,26,28). The van der Waals surface area contributed by atoms with Gasteiger partial charge in [0.05, 0.1) is 6.61 Å². The lowest BCUT2D eigenvalue weighted by atomic mass is 10.0. The molecule has 8 nitrogen and oxygen atoms in total. The van der Waals surface area contributed by atoms with Crippen LogP contribution in [0.1, 0.15) is 58.4 Å². The van der Waals surface area contributed by atoms with Gasteiger partial charge in [-0.3, -0.25) is 9.59 Å². The van der Waals surface area contributed by atoms with E-state index in [9.17, 15) is 14.4 Å². The van der Waals surface area contributed by atoms with E-state index < -0.39 is 11.7 Å². The number of likely N-dealkylation sites (tertiary alicyclic amines) is 1. The average Bonchev–Trinajstić information content (AvgIpc) is 2.71. The Morgan fingerprint density at radius 1 is 1.06 bits per heavy atom. The highest BCUT2D eigenvalue weighted by molar-refractivity contribution is 5.78. The van der Waals surface area contributed by atoms with Crippen LogP contribution in [0.25, 0.3) is 0 Å². The summed E-state index contributed by atoms with van der Waals surface area (Å²) in [4.78, 5) is 38.0. The molecule has 0 radical (unpaired) electrons. The molecule has 0 saturated carbocycles. The van der Waals surface area contributed by atoms with Crippen molar-refractivity contribution in [2.24, 2.45) is 0 Å². The highest BCUT2D eigenvalue weighted by atomic mass is 16.6. The van der Waals surface area contributed by atoms with Crippen molar-refractivity contribution in [3.8, 4) is 5.75 Å². The summed E-state index contributed by atoms with van der Waals surface area (Å²) in [6.45, 7) is 9.40. The molecule has 178 valence electrons. The summed E-state index contributed by atoms with van der Waals surface area (Å²) in [6.07, 6.45) is 2.27. The fourth-order valence-electron chi connectivity index (χ4n) is 3.37. The topological polar surface area (TPSA) is 97.0 Å². The van der Waals surface area contributed by atoms with Crippen molar-refractivity contribution in [1.29, 1.82) is 0 Å². The van der Waals surface area contributed by atoms with Crippen LogP contribution in [0.4, 0.5) is 4.79 Å². The van der Waals surface area contributed by atoms with Crippen LogP contribution in [0.15, 0.2) is 24.3 Å². The van der Waals surface area contributed by atoms with E-state index in [1.165, 1.54) is 5.56 Å². The van der Waals surface area contributed by atoms with Crippen LogP contribution in [-0.2, 0) is 14.3 Å². The predicted octanol–water partition coefficient (Wildman–Crippen LogP) is 3.18. The van der Waals surface area contributed by atoms with E-state index >= 15 is 0 Å². The minimum absolute atomic E-state index is 0.0537. The van der Waals surface area contributed by atoms with Gasteiger partial charge in [-0.15, -0.1) is 0 Å². The number of amides is 3. The van der Waals surface area contributed by atoms with E-state index in [1.807, 2.05) is 36.1 Å². The van der Waals surface area contributed by atoms with Crippen molar-refractivity contribution in [3.63, 3.8) is 0 Å². The fourth-order valence-corrected chi connectivity index (χ4v) is 3.37. The highest BCUT2D eigenvalue weighted by Crippen LogP contribution is 2.14. The van der Waals surface area contributed by atoms with Gasteiger partial charge in [-0.2, -0.15) is 0 Å². The van der Waals surface area contributed by atoms with Crippen LogP contribution in [0, 0.1) is 6.92 Å². The number of carbonyl (C=O) groups is 3. The molecule has 0 bridgehead atoms. The number of carbonyl (C=O) groups excluding carboxylic acids is 3. The molecule has 1 aliphatic rings. The normalized spacial score (nSPS) is 14.6. The molecule has 1 aromatic rings. The molecule has 1 fully saturated rings. The molecular weight excluding hydrogens is 410 g/mol. The number of nitrogens with one attached hydrogen (secondary N) is 2. The zero-order valence-electron chi connectivity index (χ0n) is 19.7. The molecule has 0 atom stereocenters. The van der Waals surface area contributed by atoms with E-state index in [0.29, 0.717) is 32.5 Å². The Labute approximate surface area is 191 Å². The van der Waals surface area contributed by atoms with Gasteiger partial charge in [-0.05, 0) is 59.1 Å². The van der Waals surface area contributed by atoms with Crippen molar-refractivity contribution < 1.29 is 23.9 Å². The van der Waals surface area contributed by atoms with Crippen molar-refractivity contribution in [1.82, 2.24) is 15.5 Å². The van der Waals surface area contributed by atoms with Crippen molar-refractivity contribution in [2.45, 2.75) is 71.4 Å². The van der Waals surface area contributed by atoms with Gasteiger partial charge in [-0.1, -0.05) is 17.7 Å². The lowest BCUT2D eigenvalue weighted by Gasteiger charge is -2.32. The highest BCUT2D eigenvalue weighted by Gasteiger charge is 2.23. The number of alkyl carbamates (subject to hydrolysis) is 1. The first-order valence-electron chi connectivity index (χ1n) is 11.4. The third-order valence-electron chi connectivity index (χ3n) is 5.06. The summed E-state index contributed by atoms with van der Waals surface area (Å²) in [5, 5.41) is 5.57. The molecule has 1 heterocycles. The van der Waals surface area contributed by atoms with E-state index in [-0.39, 0.29) is 30.8 Å². The van der Waals surface area contributed by atoms with Crippen LogP contribution in [-0.4, -0.2) is 60.7 Å². The Balaban J connectivity index is 1.56. The van der Waals surface area contributed by atoms with Crippen LogP contribution < -0.4 is 15.4 Å². The van der Waals surface area contributed by atoms with Crippen molar-refractivity contribution in [2.75, 3.05) is 26.2 Å². The zero-order chi connectivity index (χ0) is 23.6. The van der Waals surface area contributed by atoms with E-state index in [1.54, 1.807) is 20.8 Å². The predicted molar refractivity (Wildman–Crippen MR) is 123 cm³/mol. The summed E-state index contributed by atoms with van der Waals surface area (Å²) < 4.78 is 10.8. The fraction of sp³-hybridized carbons (Fsp3) is 0.625. The van der Waals surface area contributed by atoms with Gasteiger partial charge >= 0.3 is 6.09 Å². The van der Waals surface area contributed by atoms with E-state index in [2.05, 4.69) is 10.6 Å². The molecule has 3 amide bonds. The molecule has 0 spiro atoms. The summed E-state index contributed by atoms with van der Waals surface area (Å²) in [6, 6.07) is 7.92.